The Morgan fingerprint density at radius 3 is 2.83 bits per heavy atom. The third kappa shape index (κ3) is 4.25. The average Bonchev–Trinajstić information content (AvgIpc) is 2.36. The van der Waals surface area contributed by atoms with Crippen molar-refractivity contribution in [1.29, 1.82) is 0 Å². The zero-order chi connectivity index (χ0) is 13.6. The van der Waals surface area contributed by atoms with Gasteiger partial charge in [-0.3, -0.25) is 4.79 Å². The molecule has 0 aliphatic carbocycles. The Morgan fingerprint density at radius 2 is 2.28 bits per heavy atom. The van der Waals surface area contributed by atoms with Gasteiger partial charge < -0.3 is 14.8 Å². The van der Waals surface area contributed by atoms with Crippen LogP contribution in [0, 0.1) is 5.92 Å². The van der Waals surface area contributed by atoms with Gasteiger partial charge in [0.2, 0.25) is 0 Å². The molecule has 1 heterocycles. The van der Waals surface area contributed by atoms with Crippen molar-refractivity contribution in [3.63, 3.8) is 0 Å². The van der Waals surface area contributed by atoms with Gasteiger partial charge in [0.1, 0.15) is 0 Å². The highest BCUT2D eigenvalue weighted by molar-refractivity contribution is 5.70. The van der Waals surface area contributed by atoms with Crippen LogP contribution in [0.25, 0.3) is 0 Å². The Bertz CT molecular complexity index is 268. The number of carbonyl (C=O) groups excluding carboxylic acids is 1. The molecule has 0 saturated carbocycles. The van der Waals surface area contributed by atoms with Crippen LogP contribution in [0.15, 0.2) is 0 Å². The number of hydrogen-bond donors (Lipinski definition) is 1. The molecule has 4 heteroatoms. The van der Waals surface area contributed by atoms with Crippen molar-refractivity contribution < 1.29 is 14.3 Å². The maximum atomic E-state index is 11.6. The van der Waals surface area contributed by atoms with Crippen molar-refractivity contribution >= 4 is 5.97 Å². The molecule has 0 radical (unpaired) electrons. The quantitative estimate of drug-likeness (QED) is 0.740. The van der Waals surface area contributed by atoms with Gasteiger partial charge in [-0.05, 0) is 31.7 Å². The summed E-state index contributed by atoms with van der Waals surface area (Å²) in [6, 6.07) is 0. The molecule has 1 N–H and O–H groups in total. The largest absolute Gasteiger partial charge is 0.469 e. The molecule has 0 aromatic carbocycles. The van der Waals surface area contributed by atoms with Crippen LogP contribution in [-0.2, 0) is 14.3 Å². The molecule has 1 aliphatic rings. The van der Waals surface area contributed by atoms with E-state index >= 15 is 0 Å². The van der Waals surface area contributed by atoms with Crippen LogP contribution in [0.3, 0.4) is 0 Å². The van der Waals surface area contributed by atoms with Gasteiger partial charge >= 0.3 is 5.97 Å². The van der Waals surface area contributed by atoms with E-state index in [1.54, 1.807) is 0 Å². The number of nitrogens with one attached hydrogen (secondary N) is 1. The highest BCUT2D eigenvalue weighted by Crippen LogP contribution is 2.31. The molecule has 0 amide bonds. The molecule has 2 atom stereocenters. The zero-order valence-electron chi connectivity index (χ0n) is 12.1. The zero-order valence-corrected chi connectivity index (χ0v) is 12.1. The molecule has 0 bridgehead atoms. The number of carbonyl (C=O) groups is 1. The van der Waals surface area contributed by atoms with E-state index in [0.717, 1.165) is 32.4 Å². The second kappa shape index (κ2) is 7.10. The minimum Gasteiger partial charge on any atom is -0.469 e. The SMILES string of the molecule is CCCNC1(CC(=O)OC)CCOC(C(C)C)C1. The first-order valence-electron chi connectivity index (χ1n) is 6.96. The lowest BCUT2D eigenvalue weighted by Gasteiger charge is -2.42. The lowest BCUT2D eigenvalue weighted by Crippen LogP contribution is -2.54. The summed E-state index contributed by atoms with van der Waals surface area (Å²) in [5.41, 5.74) is -0.143. The number of rotatable bonds is 6. The van der Waals surface area contributed by atoms with E-state index in [4.69, 9.17) is 9.47 Å². The van der Waals surface area contributed by atoms with Gasteiger partial charge in [-0.1, -0.05) is 20.8 Å². The predicted molar refractivity (Wildman–Crippen MR) is 71.5 cm³/mol. The first kappa shape index (κ1) is 15.4. The van der Waals surface area contributed by atoms with E-state index < -0.39 is 0 Å². The van der Waals surface area contributed by atoms with Gasteiger partial charge in [-0.15, -0.1) is 0 Å². The molecule has 0 aromatic heterocycles. The maximum Gasteiger partial charge on any atom is 0.307 e. The normalized spacial score (nSPS) is 28.4. The molecular formula is C14H27NO3. The number of ether oxygens (including phenoxy) is 2. The molecule has 1 aliphatic heterocycles. The summed E-state index contributed by atoms with van der Waals surface area (Å²) in [6.45, 7) is 8.12. The molecule has 1 fully saturated rings. The van der Waals surface area contributed by atoms with Gasteiger partial charge in [0.15, 0.2) is 0 Å². The van der Waals surface area contributed by atoms with Gasteiger partial charge in [0.05, 0.1) is 19.6 Å². The Labute approximate surface area is 110 Å². The average molecular weight is 257 g/mol. The summed E-state index contributed by atoms with van der Waals surface area (Å²) in [6.07, 6.45) is 3.50. The molecule has 106 valence electrons. The van der Waals surface area contributed by atoms with Crippen LogP contribution in [0.2, 0.25) is 0 Å². The Balaban J connectivity index is 2.72. The monoisotopic (exact) mass is 257 g/mol. The number of hydrogen-bond acceptors (Lipinski definition) is 4. The summed E-state index contributed by atoms with van der Waals surface area (Å²) < 4.78 is 10.6. The first-order chi connectivity index (χ1) is 8.53. The first-order valence-corrected chi connectivity index (χ1v) is 6.96. The lowest BCUT2D eigenvalue weighted by molar-refractivity contribution is -0.144. The molecular weight excluding hydrogens is 230 g/mol. The van der Waals surface area contributed by atoms with Crippen LogP contribution in [0.5, 0.6) is 0 Å². The highest BCUT2D eigenvalue weighted by Gasteiger charge is 2.39. The molecule has 2 unspecified atom stereocenters. The van der Waals surface area contributed by atoms with Gasteiger partial charge in [-0.2, -0.15) is 0 Å². The summed E-state index contributed by atoms with van der Waals surface area (Å²) >= 11 is 0. The molecule has 18 heavy (non-hydrogen) atoms. The summed E-state index contributed by atoms with van der Waals surface area (Å²) in [7, 11) is 1.45. The second-order valence-corrected chi connectivity index (χ2v) is 5.57. The minimum absolute atomic E-state index is 0.136. The van der Waals surface area contributed by atoms with Gasteiger partial charge in [-0.25, -0.2) is 0 Å². The van der Waals surface area contributed by atoms with Gasteiger partial charge in [0, 0.05) is 12.1 Å². The molecule has 4 nitrogen and oxygen atoms in total. The number of methoxy groups -OCH3 is 1. The van der Waals surface area contributed by atoms with Crippen LogP contribution in [0.4, 0.5) is 0 Å². The number of esters is 1. The molecule has 0 spiro atoms. The summed E-state index contributed by atoms with van der Waals surface area (Å²) in [5, 5.41) is 3.55. The highest BCUT2D eigenvalue weighted by atomic mass is 16.5. The van der Waals surface area contributed by atoms with Crippen molar-refractivity contribution in [2.75, 3.05) is 20.3 Å². The fourth-order valence-corrected chi connectivity index (χ4v) is 2.50. The van der Waals surface area contributed by atoms with E-state index in [1.165, 1.54) is 7.11 Å². The van der Waals surface area contributed by atoms with E-state index in [0.29, 0.717) is 12.3 Å². The van der Waals surface area contributed by atoms with Crippen LogP contribution < -0.4 is 5.32 Å². The lowest BCUT2D eigenvalue weighted by atomic mass is 9.80. The van der Waals surface area contributed by atoms with E-state index in [9.17, 15) is 4.79 Å². The second-order valence-electron chi connectivity index (χ2n) is 5.57. The smallest absolute Gasteiger partial charge is 0.307 e. The standard InChI is InChI=1S/C14H27NO3/c1-5-7-15-14(10-13(16)17-4)6-8-18-12(9-14)11(2)3/h11-12,15H,5-10H2,1-4H3. The molecule has 0 aromatic rings. The third-order valence-corrected chi connectivity index (χ3v) is 3.71. The summed E-state index contributed by atoms with van der Waals surface area (Å²) in [5.74, 6) is 0.341. The molecule has 1 rings (SSSR count). The van der Waals surface area contributed by atoms with Crippen LogP contribution >= 0.6 is 0 Å². The van der Waals surface area contributed by atoms with Crippen molar-refractivity contribution in [3.05, 3.63) is 0 Å². The van der Waals surface area contributed by atoms with Crippen LogP contribution in [-0.4, -0.2) is 37.9 Å². The Morgan fingerprint density at radius 1 is 1.56 bits per heavy atom. The van der Waals surface area contributed by atoms with Crippen LogP contribution in [0.1, 0.15) is 46.5 Å². The fourth-order valence-electron chi connectivity index (χ4n) is 2.50. The third-order valence-electron chi connectivity index (χ3n) is 3.71. The Hall–Kier alpha value is -0.610. The minimum atomic E-state index is -0.143. The Kier molecular flexibility index (Phi) is 6.09. The van der Waals surface area contributed by atoms with E-state index in [1.807, 2.05) is 0 Å². The topological polar surface area (TPSA) is 47.6 Å². The van der Waals surface area contributed by atoms with E-state index in [2.05, 4.69) is 26.1 Å². The van der Waals surface area contributed by atoms with Crippen molar-refractivity contribution in [2.24, 2.45) is 5.92 Å². The van der Waals surface area contributed by atoms with E-state index in [-0.39, 0.29) is 17.6 Å². The summed E-state index contributed by atoms with van der Waals surface area (Å²) in [4.78, 5) is 11.6. The molecule has 1 saturated heterocycles. The predicted octanol–water partition coefficient (Wildman–Crippen LogP) is 2.12. The van der Waals surface area contributed by atoms with Crippen molar-refractivity contribution in [3.8, 4) is 0 Å². The van der Waals surface area contributed by atoms with Crippen molar-refractivity contribution in [2.45, 2.75) is 58.1 Å². The van der Waals surface area contributed by atoms with Crippen molar-refractivity contribution in [1.82, 2.24) is 5.32 Å². The fraction of sp³-hybridized carbons (Fsp3) is 0.929. The van der Waals surface area contributed by atoms with Gasteiger partial charge in [0.25, 0.3) is 0 Å². The maximum absolute atomic E-state index is 11.6.